The van der Waals surface area contributed by atoms with Crippen molar-refractivity contribution in [2.45, 2.75) is 17.9 Å². The molecule has 1 aromatic heterocycles. The summed E-state index contributed by atoms with van der Waals surface area (Å²) in [4.78, 5) is 18.7. The number of aromatic nitrogens is 1. The third-order valence-corrected chi connectivity index (χ3v) is 6.02. The van der Waals surface area contributed by atoms with Gasteiger partial charge in [0, 0.05) is 23.6 Å². The number of rotatable bonds is 7. The summed E-state index contributed by atoms with van der Waals surface area (Å²) in [6.07, 6.45) is 4.08. The summed E-state index contributed by atoms with van der Waals surface area (Å²) in [7, 11) is 3.21. The predicted octanol–water partition coefficient (Wildman–Crippen LogP) is 4.30. The van der Waals surface area contributed by atoms with E-state index in [1.54, 1.807) is 32.1 Å². The lowest BCUT2D eigenvalue weighted by molar-refractivity contribution is -0.117. The first-order valence-corrected chi connectivity index (χ1v) is 10.7. The van der Waals surface area contributed by atoms with Crippen molar-refractivity contribution in [1.29, 1.82) is 0 Å². The number of thioether (sulfide) groups is 1. The zero-order valence-corrected chi connectivity index (χ0v) is 17.7. The fraction of sp³-hybridized carbons (Fsp3) is 0.238. The van der Waals surface area contributed by atoms with Gasteiger partial charge in [0.25, 0.3) is 5.91 Å². The molecular weight excluding hydrogens is 392 g/mol. The average Bonchev–Trinajstić information content (AvgIpc) is 3.03. The molecule has 0 fully saturated rings. The summed E-state index contributed by atoms with van der Waals surface area (Å²) in [6, 6.07) is 11.8. The Balaban J connectivity index is 2.00. The van der Waals surface area contributed by atoms with Crippen LogP contribution in [0.5, 0.6) is 11.5 Å². The average molecular weight is 415 g/mol. The number of hydrogen-bond acceptors (Lipinski definition) is 5. The lowest BCUT2D eigenvalue weighted by Gasteiger charge is -2.08. The van der Waals surface area contributed by atoms with Gasteiger partial charge in [-0.1, -0.05) is 29.5 Å². The molecule has 0 radical (unpaired) electrons. The van der Waals surface area contributed by atoms with Gasteiger partial charge in [-0.3, -0.25) is 4.79 Å². The smallest absolute Gasteiger partial charge is 0.252 e. The Hall–Kier alpha value is -2.51. The maximum absolute atomic E-state index is 12.6. The Morgan fingerprint density at radius 1 is 1.21 bits per heavy atom. The summed E-state index contributed by atoms with van der Waals surface area (Å²) in [5, 5.41) is 0. The molecule has 0 saturated carbocycles. The molecule has 5 nitrogen and oxygen atoms in total. The molecule has 0 N–H and O–H groups in total. The van der Waals surface area contributed by atoms with E-state index in [4.69, 9.17) is 9.47 Å². The van der Waals surface area contributed by atoms with Crippen LogP contribution in [0.2, 0.25) is 0 Å². The number of allylic oxidation sites excluding steroid dienone is 1. The number of fused-ring (bicyclic) bond motifs is 1. The molecule has 0 bridgehead atoms. The van der Waals surface area contributed by atoms with Gasteiger partial charge in [0.05, 0.1) is 30.9 Å². The van der Waals surface area contributed by atoms with E-state index in [1.807, 2.05) is 47.2 Å². The molecule has 0 spiro atoms. The standard InChI is InChI=1S/C21H22N2O3S2/c1-5-10-23-16-12-17(25-2)18(26-3)13-19(16)28-21(23)22-20(24)11-14-6-8-15(27-4)9-7-14/h5-9,12-13H,1,10-11H2,2-4H3. The lowest BCUT2D eigenvalue weighted by Crippen LogP contribution is -2.17. The molecule has 1 heterocycles. The molecule has 146 valence electrons. The Morgan fingerprint density at radius 2 is 1.89 bits per heavy atom. The van der Waals surface area contributed by atoms with Crippen molar-refractivity contribution in [3.63, 3.8) is 0 Å². The lowest BCUT2D eigenvalue weighted by atomic mass is 10.1. The fourth-order valence-corrected chi connectivity index (χ4v) is 4.33. The second-order valence-electron chi connectivity index (χ2n) is 5.99. The van der Waals surface area contributed by atoms with Crippen molar-refractivity contribution in [2.75, 3.05) is 20.5 Å². The predicted molar refractivity (Wildman–Crippen MR) is 116 cm³/mol. The van der Waals surface area contributed by atoms with Crippen LogP contribution in [0.3, 0.4) is 0 Å². The van der Waals surface area contributed by atoms with Gasteiger partial charge in [-0.2, -0.15) is 4.99 Å². The quantitative estimate of drug-likeness (QED) is 0.427. The maximum atomic E-state index is 12.6. The highest BCUT2D eigenvalue weighted by atomic mass is 32.2. The highest BCUT2D eigenvalue weighted by Crippen LogP contribution is 2.33. The number of thiazole rings is 1. The molecule has 1 amide bonds. The first-order chi connectivity index (χ1) is 13.6. The van der Waals surface area contributed by atoms with Crippen molar-refractivity contribution < 1.29 is 14.3 Å². The first kappa shape index (κ1) is 20.2. The third-order valence-electron chi connectivity index (χ3n) is 4.23. The van der Waals surface area contributed by atoms with E-state index in [0.29, 0.717) is 22.8 Å². The zero-order chi connectivity index (χ0) is 20.1. The molecule has 0 aliphatic carbocycles. The molecule has 0 aliphatic heterocycles. The molecule has 2 aromatic carbocycles. The topological polar surface area (TPSA) is 52.8 Å². The van der Waals surface area contributed by atoms with Gasteiger partial charge in [0.15, 0.2) is 16.3 Å². The van der Waals surface area contributed by atoms with E-state index in [1.165, 1.54) is 16.2 Å². The number of hydrogen-bond donors (Lipinski definition) is 0. The second kappa shape index (κ2) is 9.12. The molecule has 7 heteroatoms. The van der Waals surface area contributed by atoms with Crippen LogP contribution in [0.15, 0.2) is 58.9 Å². The minimum Gasteiger partial charge on any atom is -0.493 e. The van der Waals surface area contributed by atoms with Gasteiger partial charge < -0.3 is 14.0 Å². The van der Waals surface area contributed by atoms with Crippen LogP contribution in [0.25, 0.3) is 10.2 Å². The van der Waals surface area contributed by atoms with Gasteiger partial charge in [0.1, 0.15) is 0 Å². The number of nitrogens with zero attached hydrogens (tertiary/aromatic N) is 2. The Bertz CT molecular complexity index is 1070. The SMILES string of the molecule is C=CCn1c(=NC(=O)Cc2ccc(SC)cc2)sc2cc(OC)c(OC)cc21. The van der Waals surface area contributed by atoms with Crippen LogP contribution in [0.1, 0.15) is 5.56 Å². The van der Waals surface area contributed by atoms with Gasteiger partial charge in [-0.15, -0.1) is 18.3 Å². The molecule has 0 atom stereocenters. The van der Waals surface area contributed by atoms with Gasteiger partial charge >= 0.3 is 0 Å². The first-order valence-electron chi connectivity index (χ1n) is 8.66. The summed E-state index contributed by atoms with van der Waals surface area (Å²) in [6.45, 7) is 4.37. The van der Waals surface area contributed by atoms with E-state index < -0.39 is 0 Å². The summed E-state index contributed by atoms with van der Waals surface area (Å²) < 4.78 is 13.7. The normalized spacial score (nSPS) is 11.6. The number of carbonyl (C=O) groups excluding carboxylic acids is 1. The second-order valence-corrected chi connectivity index (χ2v) is 7.88. The van der Waals surface area contributed by atoms with Gasteiger partial charge in [0.2, 0.25) is 0 Å². The van der Waals surface area contributed by atoms with Crippen molar-refractivity contribution in [3.05, 3.63) is 59.4 Å². The van der Waals surface area contributed by atoms with Crippen LogP contribution < -0.4 is 14.3 Å². The summed E-state index contributed by atoms with van der Waals surface area (Å²) in [5.74, 6) is 1.10. The number of ether oxygens (including phenoxy) is 2. The minimum atomic E-state index is -0.180. The Labute approximate surface area is 172 Å². The van der Waals surface area contributed by atoms with E-state index in [0.717, 1.165) is 15.8 Å². The number of methoxy groups -OCH3 is 2. The summed E-state index contributed by atoms with van der Waals surface area (Å²) in [5.41, 5.74) is 1.88. The molecule has 3 aromatic rings. The highest BCUT2D eigenvalue weighted by Gasteiger charge is 2.13. The third kappa shape index (κ3) is 4.31. The number of benzene rings is 2. The van der Waals surface area contributed by atoms with Crippen LogP contribution in [-0.4, -0.2) is 30.9 Å². The van der Waals surface area contributed by atoms with Crippen molar-refractivity contribution in [3.8, 4) is 11.5 Å². The van der Waals surface area contributed by atoms with Gasteiger partial charge in [-0.25, -0.2) is 0 Å². The van der Waals surface area contributed by atoms with Crippen molar-refractivity contribution >= 4 is 39.2 Å². The van der Waals surface area contributed by atoms with Crippen molar-refractivity contribution in [1.82, 2.24) is 4.57 Å². The van der Waals surface area contributed by atoms with Crippen LogP contribution in [0.4, 0.5) is 0 Å². The molecule has 0 saturated heterocycles. The Kier molecular flexibility index (Phi) is 6.59. The van der Waals surface area contributed by atoms with E-state index in [-0.39, 0.29) is 12.3 Å². The molecule has 0 unspecified atom stereocenters. The van der Waals surface area contributed by atoms with Crippen LogP contribution >= 0.6 is 23.1 Å². The summed E-state index contributed by atoms with van der Waals surface area (Å²) >= 11 is 3.12. The van der Waals surface area contributed by atoms with E-state index in [9.17, 15) is 4.79 Å². The molecular formula is C21H22N2O3S2. The van der Waals surface area contributed by atoms with Gasteiger partial charge in [-0.05, 0) is 24.0 Å². The monoisotopic (exact) mass is 414 g/mol. The Morgan fingerprint density at radius 3 is 2.50 bits per heavy atom. The highest BCUT2D eigenvalue weighted by molar-refractivity contribution is 7.98. The maximum Gasteiger partial charge on any atom is 0.252 e. The van der Waals surface area contributed by atoms with Crippen LogP contribution in [0, 0.1) is 0 Å². The fourth-order valence-electron chi connectivity index (χ4n) is 2.85. The molecule has 0 aliphatic rings. The van der Waals surface area contributed by atoms with Crippen molar-refractivity contribution in [2.24, 2.45) is 4.99 Å². The van der Waals surface area contributed by atoms with E-state index >= 15 is 0 Å². The number of carbonyl (C=O) groups is 1. The minimum absolute atomic E-state index is 0.180. The number of amides is 1. The van der Waals surface area contributed by atoms with Crippen LogP contribution in [-0.2, 0) is 17.8 Å². The zero-order valence-electron chi connectivity index (χ0n) is 16.1. The largest absolute Gasteiger partial charge is 0.493 e. The molecule has 28 heavy (non-hydrogen) atoms. The molecule has 3 rings (SSSR count). The van der Waals surface area contributed by atoms with E-state index in [2.05, 4.69) is 11.6 Å².